The van der Waals surface area contributed by atoms with Gasteiger partial charge in [0.2, 0.25) is 0 Å². The van der Waals surface area contributed by atoms with E-state index in [1.165, 1.54) is 30.8 Å². The maximum Gasteiger partial charge on any atom is 0.0625 e. The zero-order valence-electron chi connectivity index (χ0n) is 8.74. The van der Waals surface area contributed by atoms with Crippen LogP contribution in [0.15, 0.2) is 6.07 Å². The van der Waals surface area contributed by atoms with E-state index >= 15 is 0 Å². The molecule has 1 aromatic rings. The van der Waals surface area contributed by atoms with Crippen LogP contribution in [0.4, 0.5) is 0 Å². The summed E-state index contributed by atoms with van der Waals surface area (Å²) in [5, 5.41) is 4.57. The molecule has 0 N–H and O–H groups in total. The van der Waals surface area contributed by atoms with Gasteiger partial charge in [-0.15, -0.1) is 0 Å². The Balaban J connectivity index is 1.82. The van der Waals surface area contributed by atoms with E-state index in [2.05, 4.69) is 27.7 Å². The monoisotopic (exact) mass is 191 g/mol. The van der Waals surface area contributed by atoms with Crippen molar-refractivity contribution in [2.24, 2.45) is 0 Å². The van der Waals surface area contributed by atoms with Gasteiger partial charge in [0.05, 0.1) is 17.9 Å². The van der Waals surface area contributed by atoms with Crippen LogP contribution in [-0.2, 0) is 19.5 Å². The lowest BCUT2D eigenvalue weighted by molar-refractivity contribution is 0.204. The average molecular weight is 191 g/mol. The lowest BCUT2D eigenvalue weighted by atomic mass is 10.2. The fourth-order valence-corrected chi connectivity index (χ4v) is 2.27. The molecule has 0 bridgehead atoms. The lowest BCUT2D eigenvalue weighted by Crippen LogP contribution is -2.35. The van der Waals surface area contributed by atoms with Gasteiger partial charge in [0.25, 0.3) is 0 Å². The number of aromatic nitrogens is 2. The topological polar surface area (TPSA) is 21.1 Å². The number of hydrogen-bond acceptors (Lipinski definition) is 2. The summed E-state index contributed by atoms with van der Waals surface area (Å²) in [6.07, 6.45) is 3.88. The minimum absolute atomic E-state index is 0.892. The molecular weight excluding hydrogens is 174 g/mol. The molecule has 0 unspecified atom stereocenters. The molecule has 1 fully saturated rings. The molecule has 3 rings (SSSR count). The van der Waals surface area contributed by atoms with Crippen LogP contribution in [0.25, 0.3) is 0 Å². The van der Waals surface area contributed by atoms with E-state index < -0.39 is 0 Å². The van der Waals surface area contributed by atoms with Crippen molar-refractivity contribution < 1.29 is 0 Å². The summed E-state index contributed by atoms with van der Waals surface area (Å²) in [4.78, 5) is 2.61. The van der Waals surface area contributed by atoms with Gasteiger partial charge in [-0.1, -0.05) is 6.92 Å². The molecule has 1 aliphatic carbocycles. The molecule has 2 heterocycles. The predicted octanol–water partition coefficient (Wildman–Crippen LogP) is 1.42. The highest BCUT2D eigenvalue weighted by Gasteiger charge is 2.31. The third kappa shape index (κ3) is 1.36. The van der Waals surface area contributed by atoms with Gasteiger partial charge in [-0.05, 0) is 25.3 Å². The number of nitrogens with zero attached hydrogens (tertiary/aromatic N) is 3. The van der Waals surface area contributed by atoms with E-state index in [-0.39, 0.29) is 0 Å². The molecule has 0 radical (unpaired) electrons. The van der Waals surface area contributed by atoms with Gasteiger partial charge in [-0.25, -0.2) is 0 Å². The Morgan fingerprint density at radius 1 is 1.43 bits per heavy atom. The first-order valence-corrected chi connectivity index (χ1v) is 5.66. The lowest BCUT2D eigenvalue weighted by Gasteiger charge is -2.27. The zero-order valence-corrected chi connectivity index (χ0v) is 8.74. The molecule has 0 atom stereocenters. The normalized spacial score (nSPS) is 22.4. The Kier molecular flexibility index (Phi) is 1.87. The van der Waals surface area contributed by atoms with Crippen LogP contribution >= 0.6 is 0 Å². The summed E-state index contributed by atoms with van der Waals surface area (Å²) in [6, 6.07) is 3.16. The van der Waals surface area contributed by atoms with Gasteiger partial charge in [0.1, 0.15) is 0 Å². The van der Waals surface area contributed by atoms with Crippen LogP contribution < -0.4 is 0 Å². The predicted molar refractivity (Wildman–Crippen MR) is 55.0 cm³/mol. The van der Waals surface area contributed by atoms with E-state index in [4.69, 9.17) is 0 Å². The van der Waals surface area contributed by atoms with Gasteiger partial charge in [0.15, 0.2) is 0 Å². The zero-order chi connectivity index (χ0) is 9.54. The molecule has 1 saturated carbocycles. The SMILES string of the molecule is CCc1cc2n(n1)CCN(C1CC1)C2. The number of aryl methyl sites for hydroxylation is 1. The summed E-state index contributed by atoms with van der Waals surface area (Å²) in [7, 11) is 0. The largest absolute Gasteiger partial charge is 0.293 e. The van der Waals surface area contributed by atoms with Crippen molar-refractivity contribution >= 4 is 0 Å². The Labute approximate surface area is 84.7 Å². The van der Waals surface area contributed by atoms with Crippen LogP contribution in [0.2, 0.25) is 0 Å². The van der Waals surface area contributed by atoms with E-state index in [0.717, 1.165) is 25.6 Å². The number of rotatable bonds is 2. The maximum absolute atomic E-state index is 4.57. The van der Waals surface area contributed by atoms with Crippen LogP contribution in [-0.4, -0.2) is 27.3 Å². The highest BCUT2D eigenvalue weighted by molar-refractivity contribution is 5.12. The number of fused-ring (bicyclic) bond motifs is 1. The van der Waals surface area contributed by atoms with Crippen molar-refractivity contribution in [2.75, 3.05) is 6.54 Å². The van der Waals surface area contributed by atoms with Gasteiger partial charge >= 0.3 is 0 Å². The van der Waals surface area contributed by atoms with Crippen molar-refractivity contribution in [1.82, 2.24) is 14.7 Å². The molecule has 0 saturated heterocycles. The van der Waals surface area contributed by atoms with Crippen LogP contribution in [0, 0.1) is 0 Å². The maximum atomic E-state index is 4.57. The first-order chi connectivity index (χ1) is 6.86. The summed E-state index contributed by atoms with van der Waals surface area (Å²) in [5.74, 6) is 0. The van der Waals surface area contributed by atoms with Crippen molar-refractivity contribution in [3.05, 3.63) is 17.5 Å². The van der Waals surface area contributed by atoms with E-state index in [1.807, 2.05) is 0 Å². The molecule has 0 amide bonds. The van der Waals surface area contributed by atoms with Crippen molar-refractivity contribution in [3.8, 4) is 0 Å². The molecule has 14 heavy (non-hydrogen) atoms. The molecule has 76 valence electrons. The van der Waals surface area contributed by atoms with Crippen LogP contribution in [0.5, 0.6) is 0 Å². The third-order valence-electron chi connectivity index (χ3n) is 3.30. The van der Waals surface area contributed by atoms with Crippen LogP contribution in [0.1, 0.15) is 31.2 Å². The quantitative estimate of drug-likeness (QED) is 0.705. The molecule has 1 aliphatic heterocycles. The summed E-state index contributed by atoms with van der Waals surface area (Å²) < 4.78 is 2.19. The minimum Gasteiger partial charge on any atom is -0.293 e. The second-order valence-electron chi connectivity index (χ2n) is 4.41. The average Bonchev–Trinajstić information content (AvgIpc) is 2.97. The fraction of sp³-hybridized carbons (Fsp3) is 0.727. The Morgan fingerprint density at radius 2 is 2.29 bits per heavy atom. The molecule has 0 aromatic carbocycles. The van der Waals surface area contributed by atoms with Gasteiger partial charge < -0.3 is 0 Å². The van der Waals surface area contributed by atoms with Crippen LogP contribution in [0.3, 0.4) is 0 Å². The van der Waals surface area contributed by atoms with Gasteiger partial charge in [-0.2, -0.15) is 5.10 Å². The first kappa shape index (κ1) is 8.48. The van der Waals surface area contributed by atoms with E-state index in [9.17, 15) is 0 Å². The molecule has 3 nitrogen and oxygen atoms in total. The fourth-order valence-electron chi connectivity index (χ4n) is 2.27. The molecule has 2 aliphatic rings. The second kappa shape index (κ2) is 3.09. The second-order valence-corrected chi connectivity index (χ2v) is 4.41. The summed E-state index contributed by atoms with van der Waals surface area (Å²) in [6.45, 7) is 5.58. The Hall–Kier alpha value is -0.830. The number of hydrogen-bond donors (Lipinski definition) is 0. The van der Waals surface area contributed by atoms with Crippen molar-refractivity contribution in [3.63, 3.8) is 0 Å². The molecular formula is C11H17N3. The Bertz CT molecular complexity index is 338. The standard InChI is InChI=1S/C11H17N3/c1-2-9-7-11-8-13(10-3-4-10)5-6-14(11)12-9/h7,10H,2-6,8H2,1H3. The smallest absolute Gasteiger partial charge is 0.0625 e. The molecule has 3 heteroatoms. The highest BCUT2D eigenvalue weighted by atomic mass is 15.3. The third-order valence-corrected chi connectivity index (χ3v) is 3.30. The summed E-state index contributed by atoms with van der Waals surface area (Å²) >= 11 is 0. The van der Waals surface area contributed by atoms with Gasteiger partial charge in [0, 0.05) is 19.1 Å². The van der Waals surface area contributed by atoms with E-state index in [1.54, 1.807) is 0 Å². The van der Waals surface area contributed by atoms with Crippen molar-refractivity contribution in [1.29, 1.82) is 0 Å². The van der Waals surface area contributed by atoms with E-state index in [0.29, 0.717) is 0 Å². The minimum atomic E-state index is 0.892. The molecule has 1 aromatic heterocycles. The van der Waals surface area contributed by atoms with Gasteiger partial charge in [-0.3, -0.25) is 9.58 Å². The highest BCUT2D eigenvalue weighted by Crippen LogP contribution is 2.29. The Morgan fingerprint density at radius 3 is 3.00 bits per heavy atom. The summed E-state index contributed by atoms with van der Waals surface area (Å²) in [5.41, 5.74) is 2.66. The van der Waals surface area contributed by atoms with Crippen molar-refractivity contribution in [2.45, 2.75) is 45.3 Å². The first-order valence-electron chi connectivity index (χ1n) is 5.66. The molecule has 0 spiro atoms.